The Bertz CT molecular complexity index is 450. The maximum Gasteiger partial charge on any atom is 0.150 e. The molecule has 1 rings (SSSR count). The van der Waals surface area contributed by atoms with Gasteiger partial charge in [-0.2, -0.15) is 10.5 Å². The van der Waals surface area contributed by atoms with Crippen LogP contribution in [-0.2, 0) is 6.42 Å². The molecule has 0 saturated heterocycles. The van der Waals surface area contributed by atoms with Gasteiger partial charge in [-0.25, -0.2) is 0 Å². The zero-order valence-electron chi connectivity index (χ0n) is 7.74. The van der Waals surface area contributed by atoms with Gasteiger partial charge >= 0.3 is 0 Å². The van der Waals surface area contributed by atoms with Crippen molar-refractivity contribution < 1.29 is 4.79 Å². The van der Waals surface area contributed by atoms with E-state index in [1.165, 1.54) is 0 Å². The van der Waals surface area contributed by atoms with Crippen LogP contribution in [0.25, 0.3) is 0 Å². The second-order valence-corrected chi connectivity index (χ2v) is 2.94. The molecular weight excluding hydrogens is 176 g/mol. The van der Waals surface area contributed by atoms with Gasteiger partial charge in [0.1, 0.15) is 6.29 Å². The second-order valence-electron chi connectivity index (χ2n) is 2.94. The van der Waals surface area contributed by atoms with E-state index >= 15 is 0 Å². The smallest absolute Gasteiger partial charge is 0.150 e. The first kappa shape index (κ1) is 9.95. The van der Waals surface area contributed by atoms with E-state index in [2.05, 4.69) is 0 Å². The largest absolute Gasteiger partial charge is 0.298 e. The van der Waals surface area contributed by atoms with Crippen LogP contribution in [-0.4, -0.2) is 6.29 Å². The Hall–Kier alpha value is -2.13. The molecule has 0 N–H and O–H groups in total. The van der Waals surface area contributed by atoms with E-state index in [0.29, 0.717) is 16.7 Å². The fourth-order valence-electron chi connectivity index (χ4n) is 1.34. The average molecular weight is 184 g/mol. The van der Waals surface area contributed by atoms with Crippen LogP contribution in [0.3, 0.4) is 0 Å². The topological polar surface area (TPSA) is 64.7 Å². The van der Waals surface area contributed by atoms with Crippen LogP contribution in [0.2, 0.25) is 0 Å². The Morgan fingerprint density at radius 1 is 1.43 bits per heavy atom. The molecule has 68 valence electrons. The molecule has 1 aromatic carbocycles. The average Bonchev–Trinajstić information content (AvgIpc) is 2.18. The molecule has 0 heterocycles. The van der Waals surface area contributed by atoms with Gasteiger partial charge in [-0.15, -0.1) is 0 Å². The zero-order chi connectivity index (χ0) is 10.6. The fraction of sp³-hybridized carbons (Fsp3) is 0.182. The minimum Gasteiger partial charge on any atom is -0.298 e. The highest BCUT2D eigenvalue weighted by Crippen LogP contribution is 2.16. The van der Waals surface area contributed by atoms with Crippen LogP contribution in [0.15, 0.2) is 12.1 Å². The molecule has 0 aliphatic heterocycles. The lowest BCUT2D eigenvalue weighted by molar-refractivity contribution is 0.112. The SMILES string of the molecule is Cc1cc(C=O)cc(CC#N)c1C#N. The van der Waals surface area contributed by atoms with Gasteiger partial charge in [0, 0.05) is 5.56 Å². The quantitative estimate of drug-likeness (QED) is 0.657. The summed E-state index contributed by atoms with van der Waals surface area (Å²) in [5, 5.41) is 17.4. The summed E-state index contributed by atoms with van der Waals surface area (Å²) in [4.78, 5) is 10.5. The van der Waals surface area contributed by atoms with Gasteiger partial charge in [0.15, 0.2) is 0 Å². The molecule has 3 nitrogen and oxygen atoms in total. The summed E-state index contributed by atoms with van der Waals surface area (Å²) in [6.45, 7) is 1.76. The number of hydrogen-bond acceptors (Lipinski definition) is 3. The first-order valence-electron chi connectivity index (χ1n) is 4.08. The van der Waals surface area contributed by atoms with Crippen LogP contribution in [0, 0.1) is 29.6 Å². The summed E-state index contributed by atoms with van der Waals surface area (Å²) >= 11 is 0. The molecule has 0 radical (unpaired) electrons. The van der Waals surface area contributed by atoms with Crippen LogP contribution in [0.5, 0.6) is 0 Å². The Morgan fingerprint density at radius 2 is 2.14 bits per heavy atom. The number of benzene rings is 1. The van der Waals surface area contributed by atoms with Gasteiger partial charge in [-0.05, 0) is 30.2 Å². The normalized spacial score (nSPS) is 8.79. The van der Waals surface area contributed by atoms with E-state index < -0.39 is 0 Å². The Labute approximate surface area is 82.2 Å². The lowest BCUT2D eigenvalue weighted by atomic mass is 9.98. The van der Waals surface area contributed by atoms with Crippen LogP contribution in [0.1, 0.15) is 27.0 Å². The Kier molecular flexibility index (Phi) is 2.99. The van der Waals surface area contributed by atoms with Crippen molar-refractivity contribution in [2.24, 2.45) is 0 Å². The standard InChI is InChI=1S/C11H8N2O/c1-8-4-9(7-14)5-10(2-3-12)11(8)6-13/h4-5,7H,2H2,1H3. The van der Waals surface area contributed by atoms with Gasteiger partial charge in [-0.3, -0.25) is 4.79 Å². The van der Waals surface area contributed by atoms with Crippen molar-refractivity contribution >= 4 is 6.29 Å². The Balaban J connectivity index is 3.38. The van der Waals surface area contributed by atoms with Crippen molar-refractivity contribution in [3.05, 3.63) is 34.4 Å². The number of carbonyl (C=O) groups is 1. The lowest BCUT2D eigenvalue weighted by Gasteiger charge is -2.03. The van der Waals surface area contributed by atoms with Crippen molar-refractivity contribution in [3.63, 3.8) is 0 Å². The van der Waals surface area contributed by atoms with E-state index in [1.54, 1.807) is 19.1 Å². The molecule has 0 bridgehead atoms. The van der Waals surface area contributed by atoms with E-state index in [9.17, 15) is 4.79 Å². The van der Waals surface area contributed by atoms with E-state index in [4.69, 9.17) is 10.5 Å². The molecule has 0 spiro atoms. The van der Waals surface area contributed by atoms with Gasteiger partial charge in [0.25, 0.3) is 0 Å². The van der Waals surface area contributed by atoms with Gasteiger partial charge in [0.2, 0.25) is 0 Å². The van der Waals surface area contributed by atoms with Crippen LogP contribution < -0.4 is 0 Å². The maximum absolute atomic E-state index is 10.5. The molecule has 14 heavy (non-hydrogen) atoms. The number of nitriles is 2. The van der Waals surface area contributed by atoms with E-state index in [1.807, 2.05) is 12.1 Å². The number of rotatable bonds is 2. The fourth-order valence-corrected chi connectivity index (χ4v) is 1.34. The van der Waals surface area contributed by atoms with E-state index in [-0.39, 0.29) is 6.42 Å². The zero-order valence-corrected chi connectivity index (χ0v) is 7.74. The van der Waals surface area contributed by atoms with Crippen LogP contribution in [0.4, 0.5) is 0 Å². The Morgan fingerprint density at radius 3 is 2.64 bits per heavy atom. The molecule has 3 heteroatoms. The molecule has 0 unspecified atom stereocenters. The minimum absolute atomic E-state index is 0.158. The molecule has 0 aliphatic carbocycles. The highest BCUT2D eigenvalue weighted by molar-refractivity contribution is 5.76. The number of carbonyl (C=O) groups excluding carboxylic acids is 1. The molecule has 0 fully saturated rings. The number of aldehydes is 1. The third-order valence-electron chi connectivity index (χ3n) is 1.96. The molecular formula is C11H8N2O. The van der Waals surface area contributed by atoms with E-state index in [0.717, 1.165) is 11.8 Å². The highest BCUT2D eigenvalue weighted by Gasteiger charge is 2.06. The van der Waals surface area contributed by atoms with Crippen molar-refractivity contribution in [1.82, 2.24) is 0 Å². The van der Waals surface area contributed by atoms with Gasteiger partial charge in [-0.1, -0.05) is 0 Å². The predicted octanol–water partition coefficient (Wildman–Crippen LogP) is 1.75. The summed E-state index contributed by atoms with van der Waals surface area (Å²) in [5.41, 5.74) is 2.36. The molecule has 0 saturated carbocycles. The lowest BCUT2D eigenvalue weighted by Crippen LogP contribution is -1.95. The number of hydrogen-bond donors (Lipinski definition) is 0. The number of aryl methyl sites for hydroxylation is 1. The van der Waals surface area contributed by atoms with Crippen molar-refractivity contribution in [1.29, 1.82) is 10.5 Å². The molecule has 0 atom stereocenters. The maximum atomic E-state index is 10.5. The first-order valence-corrected chi connectivity index (χ1v) is 4.08. The molecule has 0 aliphatic rings. The summed E-state index contributed by atoms with van der Waals surface area (Å²) in [6, 6.07) is 7.23. The van der Waals surface area contributed by atoms with Crippen molar-refractivity contribution in [2.45, 2.75) is 13.3 Å². The molecule has 1 aromatic rings. The third kappa shape index (κ3) is 1.78. The molecule has 0 aromatic heterocycles. The van der Waals surface area contributed by atoms with Crippen LogP contribution >= 0.6 is 0 Å². The summed E-state index contributed by atoms with van der Waals surface area (Å²) < 4.78 is 0. The predicted molar refractivity (Wildman–Crippen MR) is 50.6 cm³/mol. The minimum atomic E-state index is 0.158. The monoisotopic (exact) mass is 184 g/mol. The first-order chi connectivity index (χ1) is 6.72. The van der Waals surface area contributed by atoms with Gasteiger partial charge in [0.05, 0.1) is 24.1 Å². The second kappa shape index (κ2) is 4.20. The molecule has 0 amide bonds. The van der Waals surface area contributed by atoms with Crippen molar-refractivity contribution in [2.75, 3.05) is 0 Å². The summed E-state index contributed by atoms with van der Waals surface area (Å²) in [6.07, 6.45) is 0.875. The highest BCUT2D eigenvalue weighted by atomic mass is 16.1. The summed E-state index contributed by atoms with van der Waals surface area (Å²) in [7, 11) is 0. The summed E-state index contributed by atoms with van der Waals surface area (Å²) in [5.74, 6) is 0. The van der Waals surface area contributed by atoms with Gasteiger partial charge < -0.3 is 0 Å². The van der Waals surface area contributed by atoms with Crippen molar-refractivity contribution in [3.8, 4) is 12.1 Å². The third-order valence-corrected chi connectivity index (χ3v) is 1.96. The number of nitrogens with zero attached hydrogens (tertiary/aromatic N) is 2.